The SMILES string of the molecule is CC[C@@]1(c2ccccc2)NC[C@@H](c2ccc([N+](=O)[O-])cc2)O1. The van der Waals surface area contributed by atoms with Crippen LogP contribution in [0.25, 0.3) is 0 Å². The van der Waals surface area contributed by atoms with Crippen molar-refractivity contribution < 1.29 is 9.66 Å². The second kappa shape index (κ2) is 5.87. The van der Waals surface area contributed by atoms with Crippen LogP contribution in [0.3, 0.4) is 0 Å². The largest absolute Gasteiger partial charge is 0.347 e. The van der Waals surface area contributed by atoms with Crippen LogP contribution in [0.1, 0.15) is 30.6 Å². The minimum atomic E-state index is -0.492. The van der Waals surface area contributed by atoms with Crippen LogP contribution in [0.15, 0.2) is 54.6 Å². The third kappa shape index (κ3) is 2.61. The lowest BCUT2D eigenvalue weighted by molar-refractivity contribution is -0.384. The van der Waals surface area contributed by atoms with E-state index in [1.54, 1.807) is 12.1 Å². The Morgan fingerprint density at radius 1 is 1.23 bits per heavy atom. The summed E-state index contributed by atoms with van der Waals surface area (Å²) in [5, 5.41) is 14.2. The van der Waals surface area contributed by atoms with Crippen molar-refractivity contribution in [3.63, 3.8) is 0 Å². The maximum atomic E-state index is 10.7. The van der Waals surface area contributed by atoms with Gasteiger partial charge in [-0.05, 0) is 29.7 Å². The fourth-order valence-corrected chi connectivity index (χ4v) is 2.87. The minimum Gasteiger partial charge on any atom is -0.347 e. The van der Waals surface area contributed by atoms with Crippen molar-refractivity contribution in [3.05, 3.63) is 75.8 Å². The molecule has 2 aromatic rings. The Morgan fingerprint density at radius 2 is 1.91 bits per heavy atom. The molecule has 22 heavy (non-hydrogen) atoms. The van der Waals surface area contributed by atoms with E-state index < -0.39 is 10.6 Å². The average molecular weight is 298 g/mol. The average Bonchev–Trinajstić information content (AvgIpc) is 3.02. The van der Waals surface area contributed by atoms with E-state index in [9.17, 15) is 10.1 Å². The van der Waals surface area contributed by atoms with Gasteiger partial charge in [0.2, 0.25) is 0 Å². The summed E-state index contributed by atoms with van der Waals surface area (Å²) < 4.78 is 6.29. The first kappa shape index (κ1) is 14.7. The summed E-state index contributed by atoms with van der Waals surface area (Å²) in [6.45, 7) is 2.76. The van der Waals surface area contributed by atoms with Crippen LogP contribution in [0, 0.1) is 10.1 Å². The molecule has 1 saturated heterocycles. The molecule has 0 bridgehead atoms. The molecule has 3 rings (SSSR count). The summed E-state index contributed by atoms with van der Waals surface area (Å²) in [6, 6.07) is 16.6. The molecular formula is C17H18N2O3. The van der Waals surface area contributed by atoms with Crippen LogP contribution in [-0.2, 0) is 10.5 Å². The number of nitro benzene ring substituents is 1. The molecule has 1 N–H and O–H groups in total. The van der Waals surface area contributed by atoms with Crippen molar-refractivity contribution in [2.45, 2.75) is 25.2 Å². The number of nitrogens with one attached hydrogen (secondary N) is 1. The van der Waals surface area contributed by atoms with Gasteiger partial charge in [-0.2, -0.15) is 0 Å². The fraction of sp³-hybridized carbons (Fsp3) is 0.294. The molecule has 2 atom stereocenters. The number of non-ortho nitro benzene ring substituents is 1. The van der Waals surface area contributed by atoms with Gasteiger partial charge in [0.25, 0.3) is 5.69 Å². The first-order valence-corrected chi connectivity index (χ1v) is 7.37. The highest BCUT2D eigenvalue weighted by atomic mass is 16.6. The lowest BCUT2D eigenvalue weighted by Crippen LogP contribution is -2.37. The molecule has 1 aliphatic rings. The van der Waals surface area contributed by atoms with E-state index in [0.717, 1.165) is 17.5 Å². The van der Waals surface area contributed by atoms with Crippen LogP contribution in [0.2, 0.25) is 0 Å². The molecule has 2 aromatic carbocycles. The summed E-state index contributed by atoms with van der Waals surface area (Å²) >= 11 is 0. The van der Waals surface area contributed by atoms with Crippen LogP contribution in [0.4, 0.5) is 5.69 Å². The molecule has 0 aliphatic carbocycles. The minimum absolute atomic E-state index is 0.0968. The van der Waals surface area contributed by atoms with Gasteiger partial charge in [0.05, 0.1) is 11.0 Å². The Labute approximate surface area is 129 Å². The van der Waals surface area contributed by atoms with Crippen molar-refractivity contribution in [2.24, 2.45) is 0 Å². The number of hydrogen-bond donors (Lipinski definition) is 1. The summed E-state index contributed by atoms with van der Waals surface area (Å²) in [5.41, 5.74) is 1.65. The van der Waals surface area contributed by atoms with Gasteiger partial charge in [0.15, 0.2) is 0 Å². The summed E-state index contributed by atoms with van der Waals surface area (Å²) in [4.78, 5) is 10.3. The zero-order valence-electron chi connectivity index (χ0n) is 12.4. The molecule has 0 saturated carbocycles. The zero-order valence-corrected chi connectivity index (χ0v) is 12.4. The highest BCUT2D eigenvalue weighted by Crippen LogP contribution is 2.38. The lowest BCUT2D eigenvalue weighted by atomic mass is 10.0. The van der Waals surface area contributed by atoms with Crippen molar-refractivity contribution >= 4 is 5.69 Å². The monoisotopic (exact) mass is 298 g/mol. The van der Waals surface area contributed by atoms with E-state index in [0.29, 0.717) is 6.54 Å². The number of nitro groups is 1. The standard InChI is InChI=1S/C17H18N2O3/c1-2-17(14-6-4-3-5-7-14)18-12-16(22-17)13-8-10-15(11-9-13)19(20)21/h3-11,16,18H,2,12H2,1H3/t16-,17+/m0/s1. The Balaban J connectivity index is 1.83. The Bertz CT molecular complexity index is 657. The molecule has 0 radical (unpaired) electrons. The first-order valence-electron chi connectivity index (χ1n) is 7.37. The van der Waals surface area contributed by atoms with Crippen molar-refractivity contribution in [1.82, 2.24) is 5.32 Å². The molecular weight excluding hydrogens is 280 g/mol. The smallest absolute Gasteiger partial charge is 0.269 e. The molecule has 1 fully saturated rings. The molecule has 114 valence electrons. The molecule has 5 heteroatoms. The van der Waals surface area contributed by atoms with E-state index in [4.69, 9.17) is 4.74 Å². The van der Waals surface area contributed by atoms with Gasteiger partial charge in [-0.1, -0.05) is 37.3 Å². The summed E-state index contributed by atoms with van der Waals surface area (Å²) in [7, 11) is 0. The lowest BCUT2D eigenvalue weighted by Gasteiger charge is -2.28. The molecule has 1 aliphatic heterocycles. The van der Waals surface area contributed by atoms with Crippen molar-refractivity contribution in [2.75, 3.05) is 6.54 Å². The highest BCUT2D eigenvalue weighted by molar-refractivity contribution is 5.34. The molecule has 1 heterocycles. The van der Waals surface area contributed by atoms with Gasteiger partial charge in [0.1, 0.15) is 5.72 Å². The van der Waals surface area contributed by atoms with Gasteiger partial charge in [-0.25, -0.2) is 0 Å². The second-order valence-electron chi connectivity index (χ2n) is 5.38. The van der Waals surface area contributed by atoms with Gasteiger partial charge in [-0.15, -0.1) is 0 Å². The topological polar surface area (TPSA) is 64.4 Å². The molecule has 0 amide bonds. The Morgan fingerprint density at radius 3 is 2.50 bits per heavy atom. The quantitative estimate of drug-likeness (QED) is 0.693. The predicted molar refractivity (Wildman–Crippen MR) is 83.3 cm³/mol. The van der Waals surface area contributed by atoms with E-state index in [-0.39, 0.29) is 11.8 Å². The van der Waals surface area contributed by atoms with Gasteiger partial charge >= 0.3 is 0 Å². The number of rotatable bonds is 4. The number of ether oxygens (including phenoxy) is 1. The second-order valence-corrected chi connectivity index (χ2v) is 5.38. The number of hydrogen-bond acceptors (Lipinski definition) is 4. The fourth-order valence-electron chi connectivity index (χ4n) is 2.87. The molecule has 0 unspecified atom stereocenters. The summed E-state index contributed by atoms with van der Waals surface area (Å²) in [5.74, 6) is 0. The molecule has 0 aromatic heterocycles. The van der Waals surface area contributed by atoms with E-state index in [1.807, 2.05) is 18.2 Å². The third-order valence-corrected chi connectivity index (χ3v) is 4.13. The number of nitrogens with zero attached hydrogens (tertiary/aromatic N) is 1. The van der Waals surface area contributed by atoms with Crippen LogP contribution in [0.5, 0.6) is 0 Å². The van der Waals surface area contributed by atoms with Gasteiger partial charge < -0.3 is 4.74 Å². The van der Waals surface area contributed by atoms with Crippen molar-refractivity contribution in [1.29, 1.82) is 0 Å². The Kier molecular flexibility index (Phi) is 3.92. The number of benzene rings is 2. The van der Waals surface area contributed by atoms with Gasteiger partial charge in [0, 0.05) is 18.7 Å². The molecule has 0 spiro atoms. The van der Waals surface area contributed by atoms with Crippen LogP contribution < -0.4 is 5.32 Å². The normalized spacial score (nSPS) is 24.3. The highest BCUT2D eigenvalue weighted by Gasteiger charge is 2.40. The van der Waals surface area contributed by atoms with Crippen LogP contribution in [-0.4, -0.2) is 11.5 Å². The van der Waals surface area contributed by atoms with Crippen LogP contribution >= 0.6 is 0 Å². The first-order chi connectivity index (χ1) is 10.6. The van der Waals surface area contributed by atoms with E-state index >= 15 is 0 Å². The molecule has 5 nitrogen and oxygen atoms in total. The predicted octanol–water partition coefficient (Wildman–Crippen LogP) is 3.52. The third-order valence-electron chi connectivity index (χ3n) is 4.13. The van der Waals surface area contributed by atoms with E-state index in [1.165, 1.54) is 12.1 Å². The summed E-state index contributed by atoms with van der Waals surface area (Å²) in [6.07, 6.45) is 0.696. The maximum Gasteiger partial charge on any atom is 0.269 e. The maximum absolute atomic E-state index is 10.7. The van der Waals surface area contributed by atoms with Crippen molar-refractivity contribution in [3.8, 4) is 0 Å². The Hall–Kier alpha value is -2.24. The van der Waals surface area contributed by atoms with Gasteiger partial charge in [-0.3, -0.25) is 15.4 Å². The zero-order chi connectivity index (χ0) is 15.6. The van der Waals surface area contributed by atoms with E-state index in [2.05, 4.69) is 24.4 Å².